The van der Waals surface area contributed by atoms with Crippen LogP contribution in [0.25, 0.3) is 0 Å². The molecule has 0 aromatic rings. The van der Waals surface area contributed by atoms with Crippen LogP contribution in [-0.4, -0.2) is 78.5 Å². The van der Waals surface area contributed by atoms with Gasteiger partial charge in [-0.3, -0.25) is 14.6 Å². The molecule has 2 aliphatic heterocycles. The molecule has 6 nitrogen and oxygen atoms in total. The van der Waals surface area contributed by atoms with E-state index in [4.69, 9.17) is 4.74 Å². The van der Waals surface area contributed by atoms with Gasteiger partial charge in [0.25, 0.3) is 0 Å². The van der Waals surface area contributed by atoms with E-state index in [-0.39, 0.29) is 32.0 Å². The summed E-state index contributed by atoms with van der Waals surface area (Å²) in [6.45, 7) is 4.61. The molecular weight excluding hydrogens is 370 g/mol. The molecule has 0 unspecified atom stereocenters. The molecule has 2 rings (SSSR count). The van der Waals surface area contributed by atoms with Gasteiger partial charge in [-0.05, 0) is 39.7 Å². The molecule has 1 N–H and O–H groups in total. The van der Waals surface area contributed by atoms with Gasteiger partial charge in [0.2, 0.25) is 5.91 Å². The molecule has 0 aliphatic carbocycles. The molecule has 2 amide bonds. The van der Waals surface area contributed by atoms with E-state index < -0.39 is 42.5 Å². The van der Waals surface area contributed by atoms with Crippen molar-refractivity contribution in [2.75, 3.05) is 32.7 Å². The highest BCUT2D eigenvalue weighted by atomic mass is 19.4. The summed E-state index contributed by atoms with van der Waals surface area (Å²) in [5.74, 6) is -0.607. The Hall–Kier alpha value is -1.58. The summed E-state index contributed by atoms with van der Waals surface area (Å²) >= 11 is 0. The van der Waals surface area contributed by atoms with Gasteiger partial charge < -0.3 is 10.1 Å². The molecule has 0 bridgehead atoms. The lowest BCUT2D eigenvalue weighted by molar-refractivity contribution is -0.143. The lowest BCUT2D eigenvalue weighted by atomic mass is 10.1. The molecule has 2 saturated heterocycles. The number of ether oxygens (including phenoxy) is 1. The number of alkyl halides is 4. The third kappa shape index (κ3) is 6.82. The fourth-order valence-electron chi connectivity index (χ4n) is 3.39. The van der Waals surface area contributed by atoms with Crippen LogP contribution >= 0.6 is 0 Å². The summed E-state index contributed by atoms with van der Waals surface area (Å²) < 4.78 is 56.3. The fraction of sp³-hybridized carbons (Fsp3) is 0.882. The molecule has 2 aliphatic rings. The minimum Gasteiger partial charge on any atom is -0.444 e. The predicted molar refractivity (Wildman–Crippen MR) is 89.9 cm³/mol. The van der Waals surface area contributed by atoms with Gasteiger partial charge in [0.1, 0.15) is 17.8 Å². The molecule has 3 atom stereocenters. The average molecular weight is 397 g/mol. The molecular formula is C17H27F4N3O3. The molecule has 156 valence electrons. The Balaban J connectivity index is 1.84. The van der Waals surface area contributed by atoms with Gasteiger partial charge in [0.05, 0.1) is 13.1 Å². The number of carbonyl (C=O) groups is 2. The van der Waals surface area contributed by atoms with Crippen LogP contribution < -0.4 is 5.32 Å². The number of carbonyl (C=O) groups excluding carboxylic acids is 2. The van der Waals surface area contributed by atoms with Crippen molar-refractivity contribution in [1.29, 1.82) is 0 Å². The zero-order valence-corrected chi connectivity index (χ0v) is 15.8. The highest BCUT2D eigenvalue weighted by Gasteiger charge is 2.42. The van der Waals surface area contributed by atoms with Crippen molar-refractivity contribution >= 4 is 12.0 Å². The highest BCUT2D eigenvalue weighted by Crippen LogP contribution is 2.25. The lowest BCUT2D eigenvalue weighted by Gasteiger charge is -2.28. The van der Waals surface area contributed by atoms with Crippen LogP contribution in [0.1, 0.15) is 33.6 Å². The largest absolute Gasteiger partial charge is 0.444 e. The first-order valence-electron chi connectivity index (χ1n) is 9.04. The van der Waals surface area contributed by atoms with Crippen LogP contribution in [0.4, 0.5) is 22.4 Å². The van der Waals surface area contributed by atoms with Gasteiger partial charge in [-0.1, -0.05) is 0 Å². The number of nitrogens with zero attached hydrogens (tertiary/aromatic N) is 2. The molecule has 10 heteroatoms. The van der Waals surface area contributed by atoms with E-state index in [2.05, 4.69) is 5.32 Å². The number of hydrogen-bond donors (Lipinski definition) is 1. The van der Waals surface area contributed by atoms with Crippen LogP contribution in [0.15, 0.2) is 0 Å². The topological polar surface area (TPSA) is 61.9 Å². The zero-order chi connectivity index (χ0) is 20.4. The molecule has 2 heterocycles. The van der Waals surface area contributed by atoms with Crippen molar-refractivity contribution in [1.82, 2.24) is 15.1 Å². The van der Waals surface area contributed by atoms with Crippen molar-refractivity contribution in [2.24, 2.45) is 5.92 Å². The SMILES string of the molecule is CC(C)(C)OC(=O)N1C[C@H](F)C[C@H]1C(=O)NC[C@H]1CCN(CC(F)(F)F)C1. The summed E-state index contributed by atoms with van der Waals surface area (Å²) in [5.41, 5.74) is -0.766. The van der Waals surface area contributed by atoms with Gasteiger partial charge in [0, 0.05) is 19.5 Å². The van der Waals surface area contributed by atoms with Gasteiger partial charge in [-0.2, -0.15) is 13.2 Å². The van der Waals surface area contributed by atoms with E-state index in [1.165, 1.54) is 4.90 Å². The molecule has 0 aromatic carbocycles. The number of likely N-dealkylation sites (tertiary alicyclic amines) is 2. The number of halogens is 4. The Kier molecular flexibility index (Phi) is 6.59. The maximum Gasteiger partial charge on any atom is 0.411 e. The third-order valence-electron chi connectivity index (χ3n) is 4.52. The Morgan fingerprint density at radius 2 is 1.85 bits per heavy atom. The van der Waals surface area contributed by atoms with Crippen molar-refractivity contribution in [2.45, 2.75) is 57.6 Å². The van der Waals surface area contributed by atoms with Crippen LogP contribution in [0, 0.1) is 5.92 Å². The Labute approximate surface area is 156 Å². The minimum atomic E-state index is -4.24. The van der Waals surface area contributed by atoms with E-state index in [1.807, 2.05) is 0 Å². The van der Waals surface area contributed by atoms with Crippen molar-refractivity contribution < 1.29 is 31.9 Å². The zero-order valence-electron chi connectivity index (χ0n) is 15.8. The van der Waals surface area contributed by atoms with E-state index >= 15 is 0 Å². The van der Waals surface area contributed by atoms with Gasteiger partial charge in [-0.15, -0.1) is 0 Å². The van der Waals surface area contributed by atoms with Crippen LogP contribution in [0.3, 0.4) is 0 Å². The summed E-state index contributed by atoms with van der Waals surface area (Å²) in [6, 6.07) is -0.970. The van der Waals surface area contributed by atoms with Gasteiger partial charge in [0.15, 0.2) is 0 Å². The predicted octanol–water partition coefficient (Wildman–Crippen LogP) is 2.33. The van der Waals surface area contributed by atoms with Crippen LogP contribution in [0.5, 0.6) is 0 Å². The van der Waals surface area contributed by atoms with Crippen molar-refractivity contribution in [3.05, 3.63) is 0 Å². The first-order chi connectivity index (χ1) is 12.3. The van der Waals surface area contributed by atoms with E-state index in [9.17, 15) is 27.2 Å². The minimum absolute atomic E-state index is 0.103. The first-order valence-corrected chi connectivity index (χ1v) is 9.04. The highest BCUT2D eigenvalue weighted by molar-refractivity contribution is 5.86. The average Bonchev–Trinajstić information content (AvgIpc) is 3.08. The summed E-state index contributed by atoms with van der Waals surface area (Å²) in [4.78, 5) is 27.0. The lowest BCUT2D eigenvalue weighted by Crippen LogP contribution is -2.48. The quantitative estimate of drug-likeness (QED) is 0.740. The Morgan fingerprint density at radius 3 is 2.44 bits per heavy atom. The molecule has 2 fully saturated rings. The van der Waals surface area contributed by atoms with Crippen LogP contribution in [0.2, 0.25) is 0 Å². The summed E-state index contributed by atoms with van der Waals surface area (Å²) in [7, 11) is 0. The van der Waals surface area contributed by atoms with E-state index in [1.54, 1.807) is 20.8 Å². The maximum atomic E-state index is 13.8. The molecule has 0 radical (unpaired) electrons. The van der Waals surface area contributed by atoms with E-state index in [0.29, 0.717) is 13.0 Å². The number of amides is 2. The Bertz CT molecular complexity index is 551. The summed E-state index contributed by atoms with van der Waals surface area (Å²) in [5, 5.41) is 2.66. The van der Waals surface area contributed by atoms with Crippen LogP contribution in [-0.2, 0) is 9.53 Å². The second-order valence-corrected chi connectivity index (χ2v) is 8.23. The fourth-order valence-corrected chi connectivity index (χ4v) is 3.39. The molecule has 0 aromatic heterocycles. The van der Waals surface area contributed by atoms with Gasteiger partial charge >= 0.3 is 12.3 Å². The third-order valence-corrected chi connectivity index (χ3v) is 4.52. The maximum absolute atomic E-state index is 13.8. The smallest absolute Gasteiger partial charge is 0.411 e. The molecule has 0 saturated carbocycles. The monoisotopic (exact) mass is 397 g/mol. The summed E-state index contributed by atoms with van der Waals surface area (Å²) in [6.07, 6.45) is -5.88. The Morgan fingerprint density at radius 1 is 1.19 bits per heavy atom. The first kappa shape index (κ1) is 21.7. The standard InChI is InChI=1S/C17H27F4N3O3/c1-16(2,3)27-15(26)24-9-12(18)6-13(24)14(25)22-7-11-4-5-23(8-11)10-17(19,20)21/h11-13H,4-10H2,1-3H3,(H,22,25)/t11-,12-,13+/m1/s1. The number of hydrogen-bond acceptors (Lipinski definition) is 4. The number of nitrogens with one attached hydrogen (secondary N) is 1. The normalized spacial score (nSPS) is 27.1. The second-order valence-electron chi connectivity index (χ2n) is 8.23. The molecule has 0 spiro atoms. The molecule has 27 heavy (non-hydrogen) atoms. The van der Waals surface area contributed by atoms with Gasteiger partial charge in [-0.25, -0.2) is 9.18 Å². The van der Waals surface area contributed by atoms with Crippen molar-refractivity contribution in [3.8, 4) is 0 Å². The van der Waals surface area contributed by atoms with E-state index in [0.717, 1.165) is 4.90 Å². The van der Waals surface area contributed by atoms with Crippen molar-refractivity contribution in [3.63, 3.8) is 0 Å². The second kappa shape index (κ2) is 8.20. The number of rotatable bonds is 4.